The Morgan fingerprint density at radius 3 is 2.03 bits per heavy atom. The van der Waals surface area contributed by atoms with Gasteiger partial charge < -0.3 is 4.74 Å². The number of fused-ring (bicyclic) bond motifs is 1. The molecule has 36 heavy (non-hydrogen) atoms. The highest BCUT2D eigenvalue weighted by Crippen LogP contribution is 2.25. The second-order valence-corrected chi connectivity index (χ2v) is 7.96. The lowest BCUT2D eigenvalue weighted by Crippen LogP contribution is -2.06. The minimum absolute atomic E-state index is 0.0160. The maximum Gasteiger partial charge on any atom is 0.387 e. The summed E-state index contributed by atoms with van der Waals surface area (Å²) in [6.45, 7) is -1.25. The van der Waals surface area contributed by atoms with Gasteiger partial charge in [0.15, 0.2) is 17.4 Å². The van der Waals surface area contributed by atoms with E-state index in [-0.39, 0.29) is 11.1 Å². The zero-order chi connectivity index (χ0) is 25.7. The number of alkyl halides is 2. The molecular formula is C30H19F5O. The van der Waals surface area contributed by atoms with E-state index in [1.54, 1.807) is 24.3 Å². The monoisotopic (exact) mass is 490 g/mol. The van der Waals surface area contributed by atoms with Gasteiger partial charge in [0.1, 0.15) is 5.82 Å². The quantitative estimate of drug-likeness (QED) is 0.211. The summed E-state index contributed by atoms with van der Waals surface area (Å²) in [5.74, 6) is 6.73. The number of hydrogen-bond acceptors (Lipinski definition) is 1. The van der Waals surface area contributed by atoms with Crippen molar-refractivity contribution in [1.29, 1.82) is 0 Å². The molecule has 0 radical (unpaired) electrons. The topological polar surface area (TPSA) is 9.23 Å². The average Bonchev–Trinajstić information content (AvgIpc) is 2.85. The fourth-order valence-electron chi connectivity index (χ4n) is 3.63. The van der Waals surface area contributed by atoms with E-state index < -0.39 is 29.8 Å². The Labute approximate surface area is 205 Å². The van der Waals surface area contributed by atoms with Gasteiger partial charge in [-0.3, -0.25) is 0 Å². The zero-order valence-electron chi connectivity index (χ0n) is 19.1. The lowest BCUT2D eigenvalue weighted by atomic mass is 10.0. The van der Waals surface area contributed by atoms with E-state index in [1.807, 2.05) is 12.1 Å². The Balaban J connectivity index is 1.57. The van der Waals surface area contributed by atoms with Gasteiger partial charge in [-0.2, -0.15) is 8.78 Å². The number of ether oxygens (including phenoxy) is 1. The van der Waals surface area contributed by atoms with Crippen LogP contribution in [0.25, 0.3) is 10.8 Å². The summed E-state index contributed by atoms with van der Waals surface area (Å²) in [7, 11) is 0. The van der Waals surface area contributed by atoms with Crippen molar-refractivity contribution in [1.82, 2.24) is 0 Å². The minimum atomic E-state index is -3.37. The van der Waals surface area contributed by atoms with E-state index in [0.717, 1.165) is 36.1 Å². The molecule has 0 amide bonds. The van der Waals surface area contributed by atoms with Crippen molar-refractivity contribution >= 4 is 10.8 Å². The van der Waals surface area contributed by atoms with Gasteiger partial charge in [0.05, 0.1) is 5.56 Å². The summed E-state index contributed by atoms with van der Waals surface area (Å²) in [4.78, 5) is 0. The van der Waals surface area contributed by atoms with Gasteiger partial charge in [0, 0.05) is 22.1 Å². The number of aryl methyl sites for hydroxylation is 1. The van der Waals surface area contributed by atoms with E-state index in [4.69, 9.17) is 0 Å². The summed E-state index contributed by atoms with van der Waals surface area (Å²) in [6.07, 6.45) is 2.10. The first-order valence-corrected chi connectivity index (χ1v) is 11.1. The van der Waals surface area contributed by atoms with Crippen molar-refractivity contribution in [3.8, 4) is 29.4 Å². The molecule has 0 N–H and O–H groups in total. The summed E-state index contributed by atoms with van der Waals surface area (Å²) < 4.78 is 71.2. The van der Waals surface area contributed by atoms with Crippen LogP contribution in [-0.2, 0) is 6.42 Å². The second-order valence-electron chi connectivity index (χ2n) is 7.96. The smallest absolute Gasteiger partial charge is 0.387 e. The molecule has 0 unspecified atom stereocenters. The molecule has 0 aliphatic carbocycles. The van der Waals surface area contributed by atoms with Crippen molar-refractivity contribution in [3.05, 3.63) is 112 Å². The van der Waals surface area contributed by atoms with Crippen molar-refractivity contribution in [2.24, 2.45) is 0 Å². The van der Waals surface area contributed by atoms with Gasteiger partial charge in [0.25, 0.3) is 0 Å². The van der Waals surface area contributed by atoms with Crippen LogP contribution in [0.2, 0.25) is 0 Å². The normalized spacial score (nSPS) is 10.5. The van der Waals surface area contributed by atoms with Gasteiger partial charge in [-0.05, 0) is 59.8 Å². The van der Waals surface area contributed by atoms with Crippen LogP contribution in [0.5, 0.6) is 5.75 Å². The molecule has 0 atom stereocenters. The SMILES string of the molecule is CCCc1ccc(C#Cc2ccc3c(F)c(C#Cc4cc(F)c(OC(F)F)c(F)c4)ccc3c2)cc1. The number of rotatable bonds is 4. The molecule has 0 spiro atoms. The summed E-state index contributed by atoms with van der Waals surface area (Å²) in [5.41, 5.74) is 2.72. The molecule has 0 aliphatic heterocycles. The predicted molar refractivity (Wildman–Crippen MR) is 129 cm³/mol. The summed E-state index contributed by atoms with van der Waals surface area (Å²) >= 11 is 0. The molecule has 180 valence electrons. The molecule has 4 aromatic carbocycles. The minimum Gasteiger partial charge on any atom is -0.429 e. The molecule has 4 aromatic rings. The Hall–Kier alpha value is -4.29. The van der Waals surface area contributed by atoms with Crippen LogP contribution in [0.15, 0.2) is 66.7 Å². The number of hydrogen-bond donors (Lipinski definition) is 0. The molecule has 1 nitrogen and oxygen atoms in total. The fourth-order valence-corrected chi connectivity index (χ4v) is 3.63. The van der Waals surface area contributed by atoms with Gasteiger partial charge >= 0.3 is 6.61 Å². The van der Waals surface area contributed by atoms with Gasteiger partial charge in [-0.25, -0.2) is 13.2 Å². The largest absolute Gasteiger partial charge is 0.429 e. The molecule has 0 aromatic heterocycles. The first-order chi connectivity index (χ1) is 17.3. The van der Waals surface area contributed by atoms with Crippen molar-refractivity contribution < 1.29 is 26.7 Å². The van der Waals surface area contributed by atoms with Gasteiger partial charge in [-0.15, -0.1) is 0 Å². The van der Waals surface area contributed by atoms with E-state index in [2.05, 4.69) is 47.5 Å². The van der Waals surface area contributed by atoms with Crippen molar-refractivity contribution in [3.63, 3.8) is 0 Å². The highest BCUT2D eigenvalue weighted by Gasteiger charge is 2.16. The molecule has 4 rings (SSSR count). The molecular weight excluding hydrogens is 471 g/mol. The van der Waals surface area contributed by atoms with Crippen LogP contribution in [0.4, 0.5) is 22.0 Å². The van der Waals surface area contributed by atoms with E-state index >= 15 is 4.39 Å². The maximum atomic E-state index is 15.0. The standard InChI is InChI=1S/C30H19F5O/c1-2-3-19-4-6-20(7-5-19)8-9-21-11-15-25-24(16-21)14-13-23(28(25)33)12-10-22-17-26(31)29(27(32)18-22)36-30(34)35/h4-7,11,13-18,30H,2-3H2,1H3. The summed E-state index contributed by atoms with van der Waals surface area (Å²) in [6, 6.07) is 17.7. The molecule has 0 heterocycles. The van der Waals surface area contributed by atoms with E-state index in [0.29, 0.717) is 10.8 Å². The highest BCUT2D eigenvalue weighted by molar-refractivity contribution is 5.86. The van der Waals surface area contributed by atoms with Crippen LogP contribution in [0, 0.1) is 41.1 Å². The van der Waals surface area contributed by atoms with E-state index in [1.165, 1.54) is 11.6 Å². The Morgan fingerprint density at radius 2 is 1.36 bits per heavy atom. The molecule has 0 fully saturated rings. The molecule has 0 bridgehead atoms. The molecule has 0 saturated carbocycles. The fraction of sp³-hybridized carbons (Fsp3) is 0.133. The second kappa shape index (κ2) is 11.0. The molecule has 6 heteroatoms. The van der Waals surface area contributed by atoms with Crippen LogP contribution in [0.3, 0.4) is 0 Å². The highest BCUT2D eigenvalue weighted by atomic mass is 19.3. The first kappa shape index (κ1) is 24.8. The predicted octanol–water partition coefficient (Wildman–Crippen LogP) is 7.61. The Kier molecular flexibility index (Phi) is 7.56. The lowest BCUT2D eigenvalue weighted by Gasteiger charge is -2.07. The Bertz CT molecular complexity index is 1510. The van der Waals surface area contributed by atoms with Crippen molar-refractivity contribution in [2.45, 2.75) is 26.4 Å². The van der Waals surface area contributed by atoms with Crippen LogP contribution in [0.1, 0.15) is 41.2 Å². The number of halogens is 5. The maximum absolute atomic E-state index is 15.0. The first-order valence-electron chi connectivity index (χ1n) is 11.1. The average molecular weight is 490 g/mol. The zero-order valence-corrected chi connectivity index (χ0v) is 19.1. The third-order valence-electron chi connectivity index (χ3n) is 5.34. The van der Waals surface area contributed by atoms with E-state index in [9.17, 15) is 17.6 Å². The van der Waals surface area contributed by atoms with Crippen LogP contribution >= 0.6 is 0 Å². The molecule has 0 aliphatic rings. The third kappa shape index (κ3) is 5.85. The van der Waals surface area contributed by atoms with Gasteiger partial charge in [0.2, 0.25) is 0 Å². The number of benzene rings is 4. The van der Waals surface area contributed by atoms with Crippen LogP contribution in [-0.4, -0.2) is 6.61 Å². The Morgan fingerprint density at radius 1 is 0.722 bits per heavy atom. The van der Waals surface area contributed by atoms with Crippen molar-refractivity contribution in [2.75, 3.05) is 0 Å². The third-order valence-corrected chi connectivity index (χ3v) is 5.34. The lowest BCUT2D eigenvalue weighted by molar-refractivity contribution is -0.0546. The molecule has 0 saturated heterocycles. The van der Waals surface area contributed by atoms with Crippen LogP contribution < -0.4 is 4.74 Å². The van der Waals surface area contributed by atoms with Gasteiger partial charge in [-0.1, -0.05) is 61.3 Å². The summed E-state index contributed by atoms with van der Waals surface area (Å²) in [5, 5.41) is 0.933.